The summed E-state index contributed by atoms with van der Waals surface area (Å²) >= 11 is 0. The van der Waals surface area contributed by atoms with E-state index in [0.717, 1.165) is 16.3 Å². The second kappa shape index (κ2) is 5.74. The molecule has 0 heterocycles. The summed E-state index contributed by atoms with van der Waals surface area (Å²) in [6, 6.07) is 20.3. The minimum absolute atomic E-state index is 0.151. The third-order valence-corrected chi connectivity index (χ3v) is 3.57. The van der Waals surface area contributed by atoms with Crippen LogP contribution in [0.1, 0.15) is 11.1 Å². The van der Waals surface area contributed by atoms with Gasteiger partial charge in [-0.05, 0) is 40.1 Å². The van der Waals surface area contributed by atoms with Crippen LogP contribution in [0.15, 0.2) is 66.7 Å². The number of hydrogen-bond acceptors (Lipinski definition) is 2. The Balaban J connectivity index is 2.17. The molecular formula is C19H15NO2. The number of carbonyl (C=O) groups excluding carboxylic acids is 1. The molecule has 0 aliphatic heterocycles. The van der Waals surface area contributed by atoms with Gasteiger partial charge in [0.2, 0.25) is 5.91 Å². The molecule has 3 aromatic carbocycles. The molecule has 0 radical (unpaired) electrons. The molecule has 3 heteroatoms. The van der Waals surface area contributed by atoms with Crippen molar-refractivity contribution in [2.24, 2.45) is 5.73 Å². The summed E-state index contributed by atoms with van der Waals surface area (Å²) in [6.45, 7) is 0. The van der Waals surface area contributed by atoms with Crippen LogP contribution >= 0.6 is 0 Å². The number of benzene rings is 3. The van der Waals surface area contributed by atoms with Gasteiger partial charge in [0.05, 0.1) is 0 Å². The lowest BCUT2D eigenvalue weighted by molar-refractivity contribution is -0.112. The molecule has 0 unspecified atom stereocenters. The highest BCUT2D eigenvalue weighted by Gasteiger charge is 2.09. The molecule has 0 bridgehead atoms. The lowest BCUT2D eigenvalue weighted by atomic mass is 9.98. The average Bonchev–Trinajstić information content (AvgIpc) is 2.53. The maximum Gasteiger partial charge on any atom is 0.249 e. The van der Waals surface area contributed by atoms with Crippen LogP contribution < -0.4 is 5.73 Å². The first-order valence-corrected chi connectivity index (χ1v) is 6.94. The van der Waals surface area contributed by atoms with E-state index in [9.17, 15) is 9.90 Å². The maximum atomic E-state index is 11.8. The highest BCUT2D eigenvalue weighted by molar-refractivity contribution is 6.24. The summed E-state index contributed by atoms with van der Waals surface area (Å²) in [5.74, 6) is -0.351. The van der Waals surface area contributed by atoms with Gasteiger partial charge in [0.25, 0.3) is 0 Å². The summed E-state index contributed by atoms with van der Waals surface area (Å²) in [5.41, 5.74) is 7.55. The van der Waals surface area contributed by atoms with Crippen LogP contribution in [0.5, 0.6) is 5.75 Å². The van der Waals surface area contributed by atoms with E-state index in [1.54, 1.807) is 18.2 Å². The summed E-state index contributed by atoms with van der Waals surface area (Å²) in [4.78, 5) is 11.8. The summed E-state index contributed by atoms with van der Waals surface area (Å²) < 4.78 is 0. The van der Waals surface area contributed by atoms with Crippen molar-refractivity contribution in [3.63, 3.8) is 0 Å². The van der Waals surface area contributed by atoms with Crippen LogP contribution in [-0.4, -0.2) is 11.0 Å². The lowest BCUT2D eigenvalue weighted by Crippen LogP contribution is -2.12. The molecule has 3 rings (SSSR count). The van der Waals surface area contributed by atoms with E-state index < -0.39 is 5.91 Å². The molecule has 108 valence electrons. The summed E-state index contributed by atoms with van der Waals surface area (Å²) in [5, 5.41) is 11.5. The van der Waals surface area contributed by atoms with Gasteiger partial charge in [0, 0.05) is 5.57 Å². The molecule has 3 nitrogen and oxygen atoms in total. The van der Waals surface area contributed by atoms with Gasteiger partial charge in [0.1, 0.15) is 5.75 Å². The highest BCUT2D eigenvalue weighted by Crippen LogP contribution is 2.25. The zero-order chi connectivity index (χ0) is 15.5. The maximum absolute atomic E-state index is 11.8. The zero-order valence-corrected chi connectivity index (χ0v) is 11.9. The molecule has 3 N–H and O–H groups in total. The molecule has 1 amide bonds. The van der Waals surface area contributed by atoms with Crippen molar-refractivity contribution in [3.05, 3.63) is 77.9 Å². The van der Waals surface area contributed by atoms with Crippen molar-refractivity contribution < 1.29 is 9.90 Å². The van der Waals surface area contributed by atoms with Gasteiger partial charge in [0.15, 0.2) is 0 Å². The zero-order valence-electron chi connectivity index (χ0n) is 11.9. The Bertz CT molecular complexity index is 859. The Labute approximate surface area is 128 Å². The van der Waals surface area contributed by atoms with E-state index in [-0.39, 0.29) is 5.75 Å². The molecule has 0 saturated carbocycles. The number of carbonyl (C=O) groups is 1. The number of primary amides is 1. The number of rotatable bonds is 3. The Morgan fingerprint density at radius 1 is 0.909 bits per heavy atom. The van der Waals surface area contributed by atoms with Gasteiger partial charge in [-0.25, -0.2) is 0 Å². The monoisotopic (exact) mass is 289 g/mol. The van der Waals surface area contributed by atoms with Crippen LogP contribution in [-0.2, 0) is 4.79 Å². The second-order valence-corrected chi connectivity index (χ2v) is 5.04. The average molecular weight is 289 g/mol. The Kier molecular flexibility index (Phi) is 3.62. The minimum Gasteiger partial charge on any atom is -0.508 e. The van der Waals surface area contributed by atoms with Crippen LogP contribution in [0, 0.1) is 0 Å². The number of phenolic OH excluding ortho intramolecular Hbond substituents is 1. The second-order valence-electron chi connectivity index (χ2n) is 5.04. The third-order valence-electron chi connectivity index (χ3n) is 3.57. The van der Waals surface area contributed by atoms with E-state index in [4.69, 9.17) is 5.73 Å². The van der Waals surface area contributed by atoms with Crippen molar-refractivity contribution in [3.8, 4) is 5.75 Å². The highest BCUT2D eigenvalue weighted by atomic mass is 16.3. The van der Waals surface area contributed by atoms with Crippen molar-refractivity contribution >= 4 is 28.3 Å². The number of phenols is 1. The van der Waals surface area contributed by atoms with Gasteiger partial charge in [-0.15, -0.1) is 0 Å². The van der Waals surface area contributed by atoms with Crippen molar-refractivity contribution in [1.82, 2.24) is 0 Å². The molecule has 0 aromatic heterocycles. The fourth-order valence-electron chi connectivity index (χ4n) is 2.47. The molecule has 0 saturated heterocycles. The van der Waals surface area contributed by atoms with Gasteiger partial charge in [-0.3, -0.25) is 4.79 Å². The predicted octanol–water partition coefficient (Wildman–Crippen LogP) is 3.57. The fraction of sp³-hybridized carbons (Fsp3) is 0. The van der Waals surface area contributed by atoms with Gasteiger partial charge in [-0.1, -0.05) is 54.6 Å². The molecule has 0 fully saturated rings. The van der Waals surface area contributed by atoms with E-state index >= 15 is 0 Å². The van der Waals surface area contributed by atoms with Crippen molar-refractivity contribution in [2.75, 3.05) is 0 Å². The van der Waals surface area contributed by atoms with E-state index in [1.807, 2.05) is 42.5 Å². The number of amides is 1. The van der Waals surface area contributed by atoms with Crippen molar-refractivity contribution in [2.45, 2.75) is 0 Å². The van der Waals surface area contributed by atoms with Gasteiger partial charge in [-0.2, -0.15) is 0 Å². The standard InChI is InChI=1S/C19H15NO2/c20-19(22)18(14-8-10-16(21)11-9-14)12-15-6-3-5-13-4-1-2-7-17(13)15/h1-12,21H,(H2,20,22)/b18-12-. The van der Waals surface area contributed by atoms with Crippen LogP contribution in [0.4, 0.5) is 0 Å². The fourth-order valence-corrected chi connectivity index (χ4v) is 2.47. The number of aromatic hydroxyl groups is 1. The van der Waals surface area contributed by atoms with Gasteiger partial charge >= 0.3 is 0 Å². The molecule has 0 aliphatic rings. The van der Waals surface area contributed by atoms with Gasteiger partial charge < -0.3 is 10.8 Å². The van der Waals surface area contributed by atoms with Crippen LogP contribution in [0.25, 0.3) is 22.4 Å². The van der Waals surface area contributed by atoms with Crippen LogP contribution in [0.2, 0.25) is 0 Å². The number of nitrogens with two attached hydrogens (primary N) is 1. The molecule has 0 aliphatic carbocycles. The van der Waals surface area contributed by atoms with Crippen LogP contribution in [0.3, 0.4) is 0 Å². The summed E-state index contributed by atoms with van der Waals surface area (Å²) in [7, 11) is 0. The first kappa shape index (κ1) is 13.9. The van der Waals surface area contributed by atoms with E-state index in [2.05, 4.69) is 0 Å². The number of hydrogen-bond donors (Lipinski definition) is 2. The first-order chi connectivity index (χ1) is 10.6. The first-order valence-electron chi connectivity index (χ1n) is 6.94. The Morgan fingerprint density at radius 2 is 1.59 bits per heavy atom. The lowest BCUT2D eigenvalue weighted by Gasteiger charge is -2.07. The Morgan fingerprint density at radius 3 is 2.32 bits per heavy atom. The van der Waals surface area contributed by atoms with Crippen molar-refractivity contribution in [1.29, 1.82) is 0 Å². The SMILES string of the molecule is NC(=O)/C(=C\c1cccc2ccccc12)c1ccc(O)cc1. The third kappa shape index (κ3) is 2.69. The van der Waals surface area contributed by atoms with E-state index in [0.29, 0.717) is 11.1 Å². The normalized spacial score (nSPS) is 11.5. The quantitative estimate of drug-likeness (QED) is 0.572. The largest absolute Gasteiger partial charge is 0.508 e. The number of fused-ring (bicyclic) bond motifs is 1. The molecule has 0 spiro atoms. The smallest absolute Gasteiger partial charge is 0.249 e. The molecular weight excluding hydrogens is 274 g/mol. The molecule has 22 heavy (non-hydrogen) atoms. The minimum atomic E-state index is -0.501. The molecule has 3 aromatic rings. The topological polar surface area (TPSA) is 63.3 Å². The molecule has 0 atom stereocenters. The predicted molar refractivity (Wildman–Crippen MR) is 89.1 cm³/mol. The Hall–Kier alpha value is -3.07. The summed E-state index contributed by atoms with van der Waals surface area (Å²) in [6.07, 6.45) is 1.79. The van der Waals surface area contributed by atoms with E-state index in [1.165, 1.54) is 12.1 Å².